The minimum Gasteiger partial charge on any atom is -0.300 e. The molecule has 0 heterocycles. The van der Waals surface area contributed by atoms with E-state index in [2.05, 4.69) is 6.92 Å². The molecule has 1 fully saturated rings. The Morgan fingerprint density at radius 2 is 1.78 bits per heavy atom. The van der Waals surface area contributed by atoms with E-state index in [0.717, 1.165) is 6.42 Å². The molecule has 1 saturated carbocycles. The highest BCUT2D eigenvalue weighted by atomic mass is 16.1. The first-order valence-electron chi connectivity index (χ1n) is 3.72. The lowest BCUT2D eigenvalue weighted by Crippen LogP contribution is -1.92. The maximum atomic E-state index is 10.4. The molecule has 54 valence electrons. The second-order valence-corrected chi connectivity index (χ2v) is 2.43. The van der Waals surface area contributed by atoms with Crippen LogP contribution in [-0.2, 0) is 4.79 Å². The zero-order valence-electron chi connectivity index (χ0n) is 6.77. The van der Waals surface area contributed by atoms with Gasteiger partial charge in [0.15, 0.2) is 0 Å². The van der Waals surface area contributed by atoms with Crippen LogP contribution in [0.5, 0.6) is 0 Å². The minimum absolute atomic E-state index is 0.368. The molecule has 0 saturated heterocycles. The molecule has 0 amide bonds. The fourth-order valence-electron chi connectivity index (χ4n) is 0.889. The van der Waals surface area contributed by atoms with E-state index in [4.69, 9.17) is 0 Å². The molecule has 1 heteroatoms. The van der Waals surface area contributed by atoms with E-state index in [1.807, 2.05) is 13.8 Å². The summed E-state index contributed by atoms with van der Waals surface area (Å²) >= 11 is 0. The molecular weight excluding hydrogens is 112 g/mol. The topological polar surface area (TPSA) is 17.1 Å². The van der Waals surface area contributed by atoms with E-state index in [-0.39, 0.29) is 0 Å². The highest BCUT2D eigenvalue weighted by Crippen LogP contribution is 2.37. The highest BCUT2D eigenvalue weighted by molar-refractivity contribution is 5.80. The zero-order chi connectivity index (χ0) is 7.44. The highest BCUT2D eigenvalue weighted by Gasteiger charge is 2.36. The number of rotatable bonds is 1. The summed E-state index contributed by atoms with van der Waals surface area (Å²) in [5.74, 6) is 1.49. The average Bonchev–Trinajstić information content (AvgIpc) is 2.52. The summed E-state index contributed by atoms with van der Waals surface area (Å²) in [5.41, 5.74) is 0. The number of ketones is 1. The largest absolute Gasteiger partial charge is 0.300 e. The van der Waals surface area contributed by atoms with Crippen molar-refractivity contribution < 1.29 is 4.79 Å². The maximum absolute atomic E-state index is 10.4. The van der Waals surface area contributed by atoms with Crippen LogP contribution < -0.4 is 0 Å². The average molecular weight is 128 g/mol. The van der Waals surface area contributed by atoms with Gasteiger partial charge in [0.05, 0.1) is 0 Å². The Bertz CT molecular complexity index is 96.7. The molecular formula is C8H16O. The maximum Gasteiger partial charge on any atom is 0.133 e. The molecule has 1 rings (SSSR count). The first-order chi connectivity index (χ1) is 4.22. The van der Waals surface area contributed by atoms with Crippen molar-refractivity contribution >= 4 is 5.78 Å². The van der Waals surface area contributed by atoms with E-state index in [9.17, 15) is 4.79 Å². The van der Waals surface area contributed by atoms with Crippen molar-refractivity contribution in [1.29, 1.82) is 0 Å². The molecule has 0 spiro atoms. The summed E-state index contributed by atoms with van der Waals surface area (Å²) in [6.07, 6.45) is 1.13. The fraction of sp³-hybridized carbons (Fsp3) is 0.875. The second-order valence-electron chi connectivity index (χ2n) is 2.43. The molecule has 0 N–H and O–H groups in total. The third-order valence-corrected chi connectivity index (χ3v) is 1.63. The van der Waals surface area contributed by atoms with Gasteiger partial charge in [0.25, 0.3) is 0 Å². The van der Waals surface area contributed by atoms with Crippen LogP contribution in [0.4, 0.5) is 0 Å². The summed E-state index contributed by atoms with van der Waals surface area (Å²) < 4.78 is 0. The lowest BCUT2D eigenvalue weighted by molar-refractivity contribution is -0.118. The fourth-order valence-corrected chi connectivity index (χ4v) is 0.889. The molecule has 9 heavy (non-hydrogen) atoms. The van der Waals surface area contributed by atoms with Gasteiger partial charge < -0.3 is 0 Å². The van der Waals surface area contributed by atoms with Gasteiger partial charge in [-0.3, -0.25) is 4.79 Å². The van der Waals surface area contributed by atoms with Crippen LogP contribution in [0.15, 0.2) is 0 Å². The molecule has 1 nitrogen and oxygen atoms in total. The van der Waals surface area contributed by atoms with Crippen LogP contribution in [-0.4, -0.2) is 5.78 Å². The number of carbonyl (C=O) groups excluding carboxylic acids is 1. The van der Waals surface area contributed by atoms with Crippen LogP contribution in [0, 0.1) is 11.8 Å². The molecule has 0 aromatic carbocycles. The van der Waals surface area contributed by atoms with Crippen LogP contribution in [0.3, 0.4) is 0 Å². The third-order valence-electron chi connectivity index (χ3n) is 1.63. The Morgan fingerprint density at radius 1 is 1.44 bits per heavy atom. The first-order valence-corrected chi connectivity index (χ1v) is 3.72. The summed E-state index contributed by atoms with van der Waals surface area (Å²) in [7, 11) is 0. The van der Waals surface area contributed by atoms with E-state index in [1.165, 1.54) is 0 Å². The number of carbonyl (C=O) groups is 1. The van der Waals surface area contributed by atoms with Crippen molar-refractivity contribution in [1.82, 2.24) is 0 Å². The van der Waals surface area contributed by atoms with Crippen molar-refractivity contribution in [3.8, 4) is 0 Å². The van der Waals surface area contributed by atoms with Crippen molar-refractivity contribution in [2.45, 2.75) is 34.1 Å². The van der Waals surface area contributed by atoms with Gasteiger partial charge in [0.2, 0.25) is 0 Å². The normalized spacial score (nSPS) is 30.2. The van der Waals surface area contributed by atoms with Crippen molar-refractivity contribution in [2.75, 3.05) is 0 Å². The first kappa shape index (κ1) is 8.67. The molecule has 0 bridgehead atoms. The SMILES string of the molecule is CC.CC(=O)C1CC1C. The molecule has 0 aromatic heterocycles. The van der Waals surface area contributed by atoms with Crippen molar-refractivity contribution in [3.63, 3.8) is 0 Å². The minimum atomic E-state index is 0.368. The quantitative estimate of drug-likeness (QED) is 0.529. The smallest absolute Gasteiger partial charge is 0.133 e. The van der Waals surface area contributed by atoms with Gasteiger partial charge in [0.1, 0.15) is 5.78 Å². The Labute approximate surface area is 57.5 Å². The van der Waals surface area contributed by atoms with Gasteiger partial charge in [-0.05, 0) is 19.3 Å². The van der Waals surface area contributed by atoms with E-state index < -0.39 is 0 Å². The summed E-state index contributed by atoms with van der Waals surface area (Å²) in [5, 5.41) is 0. The van der Waals surface area contributed by atoms with Gasteiger partial charge in [-0.15, -0.1) is 0 Å². The standard InChI is InChI=1S/C6H10O.C2H6/c1-4-3-6(4)5(2)7;1-2/h4,6H,3H2,1-2H3;1-2H3. The predicted octanol–water partition coefficient (Wildman–Crippen LogP) is 2.26. The summed E-state index contributed by atoms with van der Waals surface area (Å²) in [6, 6.07) is 0. The molecule has 2 atom stereocenters. The number of hydrogen-bond acceptors (Lipinski definition) is 1. The van der Waals surface area contributed by atoms with Gasteiger partial charge in [-0.1, -0.05) is 20.8 Å². The zero-order valence-corrected chi connectivity index (χ0v) is 6.77. The molecule has 2 unspecified atom stereocenters. The third kappa shape index (κ3) is 2.64. The Kier molecular flexibility index (Phi) is 3.52. The summed E-state index contributed by atoms with van der Waals surface area (Å²) in [4.78, 5) is 10.4. The lowest BCUT2D eigenvalue weighted by atomic mass is 10.2. The monoisotopic (exact) mass is 128 g/mol. The number of hydrogen-bond donors (Lipinski definition) is 0. The predicted molar refractivity (Wildman–Crippen MR) is 39.3 cm³/mol. The molecule has 1 aliphatic carbocycles. The molecule has 0 aliphatic heterocycles. The van der Waals surface area contributed by atoms with Gasteiger partial charge in [-0.25, -0.2) is 0 Å². The van der Waals surface area contributed by atoms with Crippen LogP contribution in [0.2, 0.25) is 0 Å². The Morgan fingerprint density at radius 3 is 1.78 bits per heavy atom. The van der Waals surface area contributed by atoms with Gasteiger partial charge in [0, 0.05) is 5.92 Å². The summed E-state index contributed by atoms with van der Waals surface area (Å²) in [6.45, 7) is 7.79. The molecule has 1 aliphatic rings. The van der Waals surface area contributed by atoms with Crippen LogP contribution in [0.25, 0.3) is 0 Å². The lowest BCUT2D eigenvalue weighted by Gasteiger charge is -1.80. The number of Topliss-reactive ketones (excluding diaryl/α,β-unsaturated/α-hetero) is 1. The van der Waals surface area contributed by atoms with Gasteiger partial charge >= 0.3 is 0 Å². The van der Waals surface area contributed by atoms with Crippen LogP contribution in [0.1, 0.15) is 34.1 Å². The Balaban J connectivity index is 0.000000291. The molecule has 0 radical (unpaired) electrons. The van der Waals surface area contributed by atoms with E-state index >= 15 is 0 Å². The van der Waals surface area contributed by atoms with Crippen molar-refractivity contribution in [2.24, 2.45) is 11.8 Å². The Hall–Kier alpha value is -0.330. The van der Waals surface area contributed by atoms with Crippen LogP contribution >= 0.6 is 0 Å². The van der Waals surface area contributed by atoms with E-state index in [0.29, 0.717) is 17.6 Å². The van der Waals surface area contributed by atoms with E-state index in [1.54, 1.807) is 6.92 Å². The van der Waals surface area contributed by atoms with Gasteiger partial charge in [-0.2, -0.15) is 0 Å². The molecule has 0 aromatic rings. The van der Waals surface area contributed by atoms with Crippen molar-refractivity contribution in [3.05, 3.63) is 0 Å². The second kappa shape index (κ2) is 3.65.